The van der Waals surface area contributed by atoms with E-state index in [1.54, 1.807) is 12.5 Å². The van der Waals surface area contributed by atoms with Crippen LogP contribution in [-0.4, -0.2) is 19.5 Å². The van der Waals surface area contributed by atoms with Crippen LogP contribution in [0.15, 0.2) is 42.9 Å². The molecule has 3 aromatic rings. The lowest BCUT2D eigenvalue weighted by Crippen LogP contribution is -1.97. The van der Waals surface area contributed by atoms with Crippen molar-refractivity contribution >= 4 is 11.2 Å². The zero-order valence-electron chi connectivity index (χ0n) is 8.83. The van der Waals surface area contributed by atoms with Crippen molar-refractivity contribution in [3.63, 3.8) is 0 Å². The Morgan fingerprint density at radius 3 is 2.75 bits per heavy atom. The van der Waals surface area contributed by atoms with E-state index in [0.29, 0.717) is 0 Å². The molecule has 4 nitrogen and oxygen atoms in total. The molecule has 0 spiro atoms. The second-order valence-corrected chi connectivity index (χ2v) is 3.56. The summed E-state index contributed by atoms with van der Waals surface area (Å²) in [4.78, 5) is 12.7. The van der Waals surface area contributed by atoms with Crippen molar-refractivity contribution in [3.8, 4) is 5.69 Å². The number of hydrogen-bond donors (Lipinski definition) is 0. The molecule has 4 heteroatoms. The summed E-state index contributed by atoms with van der Waals surface area (Å²) in [6.45, 7) is 1.97. The van der Waals surface area contributed by atoms with E-state index in [0.717, 1.165) is 22.7 Å². The highest BCUT2D eigenvalue weighted by molar-refractivity contribution is 5.72. The minimum absolute atomic E-state index is 0.823. The van der Waals surface area contributed by atoms with Gasteiger partial charge in [0.05, 0.1) is 6.20 Å². The summed E-state index contributed by atoms with van der Waals surface area (Å²) in [5.41, 5.74) is 2.74. The van der Waals surface area contributed by atoms with Crippen LogP contribution in [0.3, 0.4) is 0 Å². The number of fused-ring (bicyclic) bond motifs is 1. The maximum Gasteiger partial charge on any atom is 0.167 e. The van der Waals surface area contributed by atoms with Gasteiger partial charge < -0.3 is 0 Å². The van der Waals surface area contributed by atoms with Crippen molar-refractivity contribution < 1.29 is 0 Å². The van der Waals surface area contributed by atoms with E-state index in [-0.39, 0.29) is 0 Å². The predicted molar refractivity (Wildman–Crippen MR) is 61.4 cm³/mol. The number of aromatic nitrogens is 4. The Kier molecular flexibility index (Phi) is 1.93. The predicted octanol–water partition coefficient (Wildman–Crippen LogP) is 2.12. The molecule has 0 amide bonds. The van der Waals surface area contributed by atoms with Crippen LogP contribution >= 0.6 is 0 Å². The quantitative estimate of drug-likeness (QED) is 0.618. The normalized spacial score (nSPS) is 10.8. The number of hydrogen-bond acceptors (Lipinski definition) is 3. The second kappa shape index (κ2) is 3.41. The van der Waals surface area contributed by atoms with Gasteiger partial charge in [-0.15, -0.1) is 0 Å². The van der Waals surface area contributed by atoms with Gasteiger partial charge in [0.15, 0.2) is 5.65 Å². The largest absolute Gasteiger partial charge is 0.281 e. The van der Waals surface area contributed by atoms with Crippen LogP contribution in [-0.2, 0) is 0 Å². The lowest BCUT2D eigenvalue weighted by atomic mass is 10.3. The SMILES string of the molecule is Cc1nc2cncnc2n1-c1ccccc1. The molecule has 0 aliphatic carbocycles. The summed E-state index contributed by atoms with van der Waals surface area (Å²) < 4.78 is 2.02. The third-order valence-electron chi connectivity index (χ3n) is 2.50. The van der Waals surface area contributed by atoms with E-state index in [1.165, 1.54) is 0 Å². The van der Waals surface area contributed by atoms with Crippen LogP contribution in [0.4, 0.5) is 0 Å². The van der Waals surface area contributed by atoms with Crippen LogP contribution in [0.1, 0.15) is 5.82 Å². The molecule has 2 heterocycles. The Balaban J connectivity index is 2.35. The minimum atomic E-state index is 0.823. The summed E-state index contributed by atoms with van der Waals surface area (Å²) >= 11 is 0. The molecule has 16 heavy (non-hydrogen) atoms. The Labute approximate surface area is 92.6 Å². The third-order valence-corrected chi connectivity index (χ3v) is 2.50. The minimum Gasteiger partial charge on any atom is -0.281 e. The van der Waals surface area contributed by atoms with Crippen molar-refractivity contribution in [3.05, 3.63) is 48.7 Å². The Morgan fingerprint density at radius 1 is 1.12 bits per heavy atom. The summed E-state index contributed by atoms with van der Waals surface area (Å²) in [5, 5.41) is 0. The van der Waals surface area contributed by atoms with Crippen LogP contribution in [0.5, 0.6) is 0 Å². The number of benzene rings is 1. The topological polar surface area (TPSA) is 43.6 Å². The van der Waals surface area contributed by atoms with Gasteiger partial charge in [-0.25, -0.2) is 15.0 Å². The third kappa shape index (κ3) is 1.27. The first-order valence-electron chi connectivity index (χ1n) is 5.07. The smallest absolute Gasteiger partial charge is 0.167 e. The molecule has 0 bridgehead atoms. The van der Waals surface area contributed by atoms with Crippen molar-refractivity contribution in [2.75, 3.05) is 0 Å². The molecule has 0 fully saturated rings. The number of imidazole rings is 1. The van der Waals surface area contributed by atoms with Gasteiger partial charge in [-0.1, -0.05) is 18.2 Å². The highest BCUT2D eigenvalue weighted by atomic mass is 15.1. The van der Waals surface area contributed by atoms with E-state index >= 15 is 0 Å². The van der Waals surface area contributed by atoms with E-state index in [1.807, 2.05) is 41.8 Å². The Hall–Kier alpha value is -2.23. The molecular formula is C12H10N4. The molecule has 1 aromatic carbocycles. The van der Waals surface area contributed by atoms with E-state index in [9.17, 15) is 0 Å². The van der Waals surface area contributed by atoms with Gasteiger partial charge in [0, 0.05) is 5.69 Å². The van der Waals surface area contributed by atoms with Crippen LogP contribution < -0.4 is 0 Å². The zero-order valence-corrected chi connectivity index (χ0v) is 8.83. The maximum atomic E-state index is 4.43. The molecule has 0 saturated heterocycles. The fraction of sp³-hybridized carbons (Fsp3) is 0.0833. The first kappa shape index (κ1) is 9.03. The van der Waals surface area contributed by atoms with Gasteiger partial charge >= 0.3 is 0 Å². The maximum absolute atomic E-state index is 4.43. The van der Waals surface area contributed by atoms with Crippen molar-refractivity contribution in [2.45, 2.75) is 6.92 Å². The average molecular weight is 210 g/mol. The van der Waals surface area contributed by atoms with Crippen molar-refractivity contribution in [1.82, 2.24) is 19.5 Å². The summed E-state index contributed by atoms with van der Waals surface area (Å²) in [5.74, 6) is 0.918. The molecular weight excluding hydrogens is 200 g/mol. The van der Waals surface area contributed by atoms with E-state index in [2.05, 4.69) is 15.0 Å². The molecule has 0 saturated carbocycles. The van der Waals surface area contributed by atoms with Crippen molar-refractivity contribution in [2.24, 2.45) is 0 Å². The molecule has 2 aromatic heterocycles. The lowest BCUT2D eigenvalue weighted by molar-refractivity contribution is 0.985. The average Bonchev–Trinajstić information content (AvgIpc) is 2.66. The zero-order chi connectivity index (χ0) is 11.0. The number of para-hydroxylation sites is 1. The molecule has 78 valence electrons. The Morgan fingerprint density at radius 2 is 1.94 bits per heavy atom. The van der Waals surface area contributed by atoms with Gasteiger partial charge in [0.25, 0.3) is 0 Å². The molecule has 0 radical (unpaired) electrons. The highest BCUT2D eigenvalue weighted by Gasteiger charge is 2.09. The molecule has 0 atom stereocenters. The molecule has 3 rings (SSSR count). The van der Waals surface area contributed by atoms with E-state index < -0.39 is 0 Å². The van der Waals surface area contributed by atoms with Gasteiger partial charge in [0.1, 0.15) is 17.7 Å². The Bertz CT molecular complexity index is 628. The first-order valence-corrected chi connectivity index (χ1v) is 5.07. The van der Waals surface area contributed by atoms with Gasteiger partial charge in [0.2, 0.25) is 0 Å². The standard InChI is InChI=1S/C12H10N4/c1-9-15-11-7-13-8-14-12(11)16(9)10-5-3-2-4-6-10/h2-8H,1H3. The number of nitrogens with zero attached hydrogens (tertiary/aromatic N) is 4. The molecule has 0 unspecified atom stereocenters. The number of aryl methyl sites for hydroxylation is 1. The monoisotopic (exact) mass is 210 g/mol. The van der Waals surface area contributed by atoms with E-state index in [4.69, 9.17) is 0 Å². The summed E-state index contributed by atoms with van der Waals surface area (Å²) in [6.07, 6.45) is 3.28. The summed E-state index contributed by atoms with van der Waals surface area (Å²) in [7, 11) is 0. The van der Waals surface area contributed by atoms with Crippen LogP contribution in [0.25, 0.3) is 16.9 Å². The summed E-state index contributed by atoms with van der Waals surface area (Å²) in [6, 6.07) is 10.1. The molecule has 0 aliphatic heterocycles. The molecule has 0 aliphatic rings. The fourth-order valence-electron chi connectivity index (χ4n) is 1.83. The van der Waals surface area contributed by atoms with Gasteiger partial charge in [-0.2, -0.15) is 0 Å². The lowest BCUT2D eigenvalue weighted by Gasteiger charge is -2.04. The van der Waals surface area contributed by atoms with Gasteiger partial charge in [-0.05, 0) is 19.1 Å². The van der Waals surface area contributed by atoms with Crippen LogP contribution in [0, 0.1) is 6.92 Å². The molecule has 0 N–H and O–H groups in total. The van der Waals surface area contributed by atoms with Crippen molar-refractivity contribution in [1.29, 1.82) is 0 Å². The number of rotatable bonds is 1. The van der Waals surface area contributed by atoms with Crippen LogP contribution in [0.2, 0.25) is 0 Å². The van der Waals surface area contributed by atoms with Gasteiger partial charge in [-0.3, -0.25) is 4.57 Å². The fourth-order valence-corrected chi connectivity index (χ4v) is 1.83. The second-order valence-electron chi connectivity index (χ2n) is 3.56. The highest BCUT2D eigenvalue weighted by Crippen LogP contribution is 2.17. The first-order chi connectivity index (χ1) is 7.86.